The minimum atomic E-state index is -0.415. The lowest BCUT2D eigenvalue weighted by atomic mass is 9.86. The quantitative estimate of drug-likeness (QED) is 0.225. The molecule has 0 unspecified atom stereocenters. The van der Waals surface area contributed by atoms with Gasteiger partial charge in [-0.3, -0.25) is 14.6 Å². The summed E-state index contributed by atoms with van der Waals surface area (Å²) in [5.41, 5.74) is 13.7. The summed E-state index contributed by atoms with van der Waals surface area (Å²) in [7, 11) is 1.54. The van der Waals surface area contributed by atoms with Crippen molar-refractivity contribution in [2.75, 3.05) is 24.0 Å². The molecule has 0 heterocycles. The van der Waals surface area contributed by atoms with Crippen LogP contribution in [0.1, 0.15) is 63.0 Å². The van der Waals surface area contributed by atoms with Gasteiger partial charge in [-0.15, -0.1) is 0 Å². The molecule has 0 saturated heterocycles. The molecule has 0 fully saturated rings. The Morgan fingerprint density at radius 1 is 1.11 bits per heavy atom. The van der Waals surface area contributed by atoms with Crippen molar-refractivity contribution in [1.82, 2.24) is 5.32 Å². The summed E-state index contributed by atoms with van der Waals surface area (Å²) in [6.07, 6.45) is 1.34. The van der Waals surface area contributed by atoms with Crippen LogP contribution in [0.4, 0.5) is 17.1 Å². The van der Waals surface area contributed by atoms with E-state index in [9.17, 15) is 9.59 Å². The second-order valence-corrected chi connectivity index (χ2v) is 11.2. The number of nitrogens with two attached hydrogens (primary N) is 2. The summed E-state index contributed by atoms with van der Waals surface area (Å²) in [5, 5.41) is 6.97. The highest BCUT2D eigenvalue weighted by Crippen LogP contribution is 2.36. The molecule has 0 saturated carbocycles. The van der Waals surface area contributed by atoms with E-state index >= 15 is 0 Å². The van der Waals surface area contributed by atoms with Crippen molar-refractivity contribution in [3.63, 3.8) is 0 Å². The fraction of sp³-hybridized carbons (Fsp3) is 0.407. The Morgan fingerprint density at radius 2 is 1.75 bits per heavy atom. The number of amides is 2. The third kappa shape index (κ3) is 7.47. The number of carbonyl (C=O) groups excluding carboxylic acids is 2. The second-order valence-electron chi connectivity index (χ2n) is 11.2. The minimum absolute atomic E-state index is 0.0392. The number of hydrazine groups is 1. The molecule has 196 valence electrons. The Balaban J connectivity index is 2.32. The Bertz CT molecular complexity index is 1160. The van der Waals surface area contributed by atoms with Crippen LogP contribution in [0.2, 0.25) is 0 Å². The van der Waals surface area contributed by atoms with Crippen LogP contribution >= 0.6 is 0 Å². The molecule has 2 aromatic rings. The number of rotatable bonds is 7. The molecule has 2 aromatic carbocycles. The van der Waals surface area contributed by atoms with Crippen molar-refractivity contribution < 1.29 is 20.1 Å². The summed E-state index contributed by atoms with van der Waals surface area (Å²) in [5.74, 6) is 5.95. The van der Waals surface area contributed by atoms with E-state index in [0.29, 0.717) is 34.9 Å². The molecular weight excluding hydrogens is 456 g/mol. The Hall–Kier alpha value is -3.56. The molecule has 36 heavy (non-hydrogen) atoms. The average molecular weight is 498 g/mol. The number of anilines is 2. The molecule has 0 atom stereocenters. The predicted molar refractivity (Wildman–Crippen MR) is 145 cm³/mol. The predicted octanol–water partition coefficient (Wildman–Crippen LogP) is 3.07. The lowest BCUT2D eigenvalue weighted by Gasteiger charge is -2.22. The summed E-state index contributed by atoms with van der Waals surface area (Å²) in [6, 6.07) is 8.99. The van der Waals surface area contributed by atoms with Crippen molar-refractivity contribution in [3.8, 4) is 5.75 Å². The van der Waals surface area contributed by atoms with E-state index in [1.165, 1.54) is 11.2 Å². The number of benzene rings is 2. The highest BCUT2D eigenvalue weighted by Gasteiger charge is 2.22. The van der Waals surface area contributed by atoms with Gasteiger partial charge < -0.3 is 26.8 Å². The molecule has 0 aliphatic rings. The van der Waals surface area contributed by atoms with Crippen molar-refractivity contribution in [1.29, 1.82) is 0 Å². The third-order valence-electron chi connectivity index (χ3n) is 5.55. The molecule has 9 nitrogen and oxygen atoms in total. The summed E-state index contributed by atoms with van der Waals surface area (Å²) < 4.78 is 5.50. The topological polar surface area (TPSA) is 150 Å². The Labute approximate surface area is 214 Å². The average Bonchev–Trinajstić information content (AvgIpc) is 2.76. The highest BCUT2D eigenvalue weighted by molar-refractivity contribution is 6.06. The Kier molecular flexibility index (Phi) is 8.77. The van der Waals surface area contributed by atoms with Crippen molar-refractivity contribution >= 4 is 28.9 Å². The zero-order chi connectivity index (χ0) is 27.4. The number of hydrogen-bond donors (Lipinski definition) is 5. The number of hydrogen-bond acceptors (Lipinski definition) is 6. The first-order valence-electron chi connectivity index (χ1n) is 11.8. The smallest absolute Gasteiger partial charge is 0.268 e. The van der Waals surface area contributed by atoms with Crippen LogP contribution in [0, 0.1) is 12.3 Å². The van der Waals surface area contributed by atoms with Crippen LogP contribution in [0.25, 0.3) is 0 Å². The number of carbonyl (C=O) groups is 2. The molecular formula is C27H41N6O3+. The number of aryl methyl sites for hydroxylation is 1. The van der Waals surface area contributed by atoms with Gasteiger partial charge in [0.25, 0.3) is 11.8 Å². The van der Waals surface area contributed by atoms with Crippen LogP contribution in [-0.2, 0) is 10.2 Å². The first kappa shape index (κ1) is 28.7. The lowest BCUT2D eigenvalue weighted by Crippen LogP contribution is -2.41. The van der Waals surface area contributed by atoms with Crippen molar-refractivity contribution in [2.45, 2.75) is 53.9 Å². The van der Waals surface area contributed by atoms with Crippen LogP contribution in [0.15, 0.2) is 42.2 Å². The SMILES string of the molecule is COc1c([NH3+])cc(C(C)(C)C)cc1NC(=O)c1ccc(C)c(N(N)C=C(N)C(=O)NCC(C)(C)C)c1. The van der Waals surface area contributed by atoms with Gasteiger partial charge in [-0.1, -0.05) is 47.6 Å². The van der Waals surface area contributed by atoms with E-state index in [0.717, 1.165) is 11.1 Å². The summed E-state index contributed by atoms with van der Waals surface area (Å²) in [6.45, 7) is 14.6. The Morgan fingerprint density at radius 3 is 2.31 bits per heavy atom. The van der Waals surface area contributed by atoms with Gasteiger partial charge in [0.15, 0.2) is 5.69 Å². The van der Waals surface area contributed by atoms with E-state index in [1.807, 2.05) is 39.8 Å². The molecule has 9 N–H and O–H groups in total. The normalized spacial score (nSPS) is 12.2. The van der Waals surface area contributed by atoms with Gasteiger partial charge in [0, 0.05) is 24.4 Å². The zero-order valence-corrected chi connectivity index (χ0v) is 22.7. The maximum absolute atomic E-state index is 13.2. The van der Waals surface area contributed by atoms with Crippen LogP contribution in [0.5, 0.6) is 5.75 Å². The van der Waals surface area contributed by atoms with Gasteiger partial charge in [-0.25, -0.2) is 5.84 Å². The minimum Gasteiger partial charge on any atom is -0.489 e. The monoisotopic (exact) mass is 497 g/mol. The highest BCUT2D eigenvalue weighted by atomic mass is 16.5. The molecule has 0 bridgehead atoms. The molecule has 0 radical (unpaired) electrons. The standard InChI is InChI=1S/C27H40N6O3/c1-16-9-10-17(11-22(16)33(30)14-20(29)25(35)31-15-26(2,3)4)24(34)32-21-13-18(27(5,6)7)12-19(28)23(21)36-8/h9-14H,15,28-30H2,1-8H3,(H,31,35)(H,32,34)/p+1. The van der Waals surface area contributed by atoms with E-state index < -0.39 is 5.91 Å². The van der Waals surface area contributed by atoms with Gasteiger partial charge in [0.1, 0.15) is 5.70 Å². The maximum atomic E-state index is 13.2. The van der Waals surface area contributed by atoms with E-state index in [2.05, 4.69) is 37.1 Å². The first-order valence-corrected chi connectivity index (χ1v) is 11.8. The molecule has 0 aliphatic heterocycles. The maximum Gasteiger partial charge on any atom is 0.268 e. The number of nitrogens with zero attached hydrogens (tertiary/aromatic N) is 1. The van der Waals surface area contributed by atoms with Crippen LogP contribution < -0.4 is 37.7 Å². The molecule has 2 rings (SSSR count). The van der Waals surface area contributed by atoms with Gasteiger partial charge in [-0.2, -0.15) is 0 Å². The zero-order valence-electron chi connectivity index (χ0n) is 22.7. The molecule has 0 aromatic heterocycles. The lowest BCUT2D eigenvalue weighted by molar-refractivity contribution is -0.256. The molecule has 0 spiro atoms. The second kappa shape index (κ2) is 11.0. The van der Waals surface area contributed by atoms with Crippen LogP contribution in [-0.4, -0.2) is 25.5 Å². The summed E-state index contributed by atoms with van der Waals surface area (Å²) >= 11 is 0. The van der Waals surface area contributed by atoms with Gasteiger partial charge in [0.2, 0.25) is 5.75 Å². The molecule has 9 heteroatoms. The van der Waals surface area contributed by atoms with Gasteiger partial charge in [0.05, 0.1) is 18.5 Å². The number of quaternary nitrogens is 1. The van der Waals surface area contributed by atoms with E-state index in [-0.39, 0.29) is 22.4 Å². The molecule has 2 amide bonds. The number of methoxy groups -OCH3 is 1. The van der Waals surface area contributed by atoms with E-state index in [4.69, 9.17) is 16.3 Å². The number of ether oxygens (including phenoxy) is 1. The first-order chi connectivity index (χ1) is 16.5. The van der Waals surface area contributed by atoms with Gasteiger partial charge in [-0.05, 0) is 47.1 Å². The van der Waals surface area contributed by atoms with Crippen molar-refractivity contribution in [2.24, 2.45) is 17.0 Å². The largest absolute Gasteiger partial charge is 0.489 e. The van der Waals surface area contributed by atoms with Gasteiger partial charge >= 0.3 is 0 Å². The number of nitrogens with one attached hydrogen (secondary N) is 2. The summed E-state index contributed by atoms with van der Waals surface area (Å²) in [4.78, 5) is 25.5. The third-order valence-corrected chi connectivity index (χ3v) is 5.55. The fourth-order valence-corrected chi connectivity index (χ4v) is 3.40. The van der Waals surface area contributed by atoms with E-state index in [1.54, 1.807) is 25.3 Å². The molecule has 0 aliphatic carbocycles. The van der Waals surface area contributed by atoms with Crippen LogP contribution in [0.3, 0.4) is 0 Å². The fourth-order valence-electron chi connectivity index (χ4n) is 3.40. The van der Waals surface area contributed by atoms with Crippen molar-refractivity contribution in [3.05, 3.63) is 58.9 Å².